The molecule has 2 N–H and O–H groups in total. The highest BCUT2D eigenvalue weighted by Crippen LogP contribution is 2.42. The summed E-state index contributed by atoms with van der Waals surface area (Å²) < 4.78 is 0. The van der Waals surface area contributed by atoms with Crippen LogP contribution in [0.15, 0.2) is 36.4 Å². The molecule has 31 heavy (non-hydrogen) atoms. The largest absolute Gasteiger partial charge is 0.507 e. The lowest BCUT2D eigenvalue weighted by Crippen LogP contribution is -2.38. The van der Waals surface area contributed by atoms with Crippen LogP contribution in [0, 0.1) is 5.41 Å². The molecule has 2 aromatic carbocycles. The minimum atomic E-state index is -0.432. The molecule has 0 radical (unpaired) electrons. The van der Waals surface area contributed by atoms with Gasteiger partial charge in [-0.3, -0.25) is 10.2 Å². The first-order chi connectivity index (χ1) is 13.7. The maximum Gasteiger partial charge on any atom is 0.182 e. The molecule has 0 amide bonds. The van der Waals surface area contributed by atoms with Crippen molar-refractivity contribution in [3.63, 3.8) is 0 Å². The zero-order valence-electron chi connectivity index (χ0n) is 19.9. The number of hydrogen-bond donors (Lipinski definition) is 2. The van der Waals surface area contributed by atoms with Gasteiger partial charge in [-0.15, -0.1) is 17.0 Å². The molecule has 5 heteroatoms. The third-order valence-corrected chi connectivity index (χ3v) is 6.08. The van der Waals surface area contributed by atoms with Crippen LogP contribution in [0.25, 0.3) is 0 Å². The number of carbonyl (C=O) groups excluding carboxylic acids is 1. The molecule has 0 atom stereocenters. The second kappa shape index (κ2) is 8.09. The molecule has 2 aromatic rings. The maximum absolute atomic E-state index is 13.4. The van der Waals surface area contributed by atoms with E-state index in [1.807, 2.05) is 96.7 Å². The monoisotopic (exact) mass is 486 g/mol. The van der Waals surface area contributed by atoms with Crippen molar-refractivity contribution >= 4 is 34.3 Å². The van der Waals surface area contributed by atoms with Crippen molar-refractivity contribution in [1.82, 2.24) is 0 Å². The quantitative estimate of drug-likeness (QED) is 0.485. The van der Waals surface area contributed by atoms with Gasteiger partial charge in [0.25, 0.3) is 0 Å². The number of Topliss-reactive ketones (excluding diaryl/α,β-unsaturated/α-hetero) is 1. The Labute approximate surface area is 197 Å². The predicted molar refractivity (Wildman–Crippen MR) is 135 cm³/mol. The van der Waals surface area contributed by atoms with Gasteiger partial charge in [-0.2, -0.15) is 0 Å². The molecule has 0 unspecified atom stereocenters. The fourth-order valence-corrected chi connectivity index (χ4v) is 4.16. The highest BCUT2D eigenvalue weighted by molar-refractivity contribution is 8.93. The summed E-state index contributed by atoms with van der Waals surface area (Å²) in [6.07, 6.45) is 0. The van der Waals surface area contributed by atoms with Crippen molar-refractivity contribution in [1.29, 1.82) is 5.41 Å². The van der Waals surface area contributed by atoms with Crippen molar-refractivity contribution in [2.45, 2.75) is 71.6 Å². The second-order valence-electron chi connectivity index (χ2n) is 10.9. The van der Waals surface area contributed by atoms with Crippen LogP contribution in [0.5, 0.6) is 5.75 Å². The van der Waals surface area contributed by atoms with E-state index in [0.717, 1.165) is 22.4 Å². The lowest BCUT2D eigenvalue weighted by molar-refractivity contribution is 0.100. The summed E-state index contributed by atoms with van der Waals surface area (Å²) in [5.41, 5.74) is 3.10. The van der Waals surface area contributed by atoms with E-state index < -0.39 is 5.41 Å². The number of benzene rings is 2. The van der Waals surface area contributed by atoms with Gasteiger partial charge in [0.2, 0.25) is 0 Å². The van der Waals surface area contributed by atoms with Crippen molar-refractivity contribution in [3.05, 3.63) is 58.7 Å². The molecule has 1 aliphatic heterocycles. The van der Waals surface area contributed by atoms with Crippen molar-refractivity contribution in [3.8, 4) is 5.75 Å². The molecule has 0 bridgehead atoms. The van der Waals surface area contributed by atoms with Gasteiger partial charge in [-0.1, -0.05) is 59.7 Å². The van der Waals surface area contributed by atoms with Gasteiger partial charge in [0.15, 0.2) is 5.78 Å². The van der Waals surface area contributed by atoms with Crippen LogP contribution < -0.4 is 4.90 Å². The molecule has 1 heterocycles. The van der Waals surface area contributed by atoms with E-state index in [1.54, 1.807) is 0 Å². The number of para-hydroxylation sites is 1. The van der Waals surface area contributed by atoms with E-state index in [0.29, 0.717) is 11.4 Å². The van der Waals surface area contributed by atoms with Crippen LogP contribution in [0.2, 0.25) is 0 Å². The van der Waals surface area contributed by atoms with Gasteiger partial charge in [0.1, 0.15) is 11.6 Å². The smallest absolute Gasteiger partial charge is 0.182 e. The Balaban J connectivity index is 0.00000341. The first-order valence-corrected chi connectivity index (χ1v) is 10.5. The normalized spacial score (nSPS) is 15.5. The lowest BCUT2D eigenvalue weighted by atomic mass is 9.78. The molecule has 0 saturated heterocycles. The molecule has 4 nitrogen and oxygen atoms in total. The standard InChI is InChI=1S/C26H34N2O2.BrH/c1-24(2,3)18-13-16(14-19(22(18)30)25(4,5)6)21(29)15-28-20-12-10-9-11-17(20)26(7,8)23(28)27;/h9-14,27,30H,15H2,1-8H3;1H. The van der Waals surface area contributed by atoms with E-state index in [9.17, 15) is 9.90 Å². The van der Waals surface area contributed by atoms with Gasteiger partial charge in [0, 0.05) is 27.8 Å². The average Bonchev–Trinajstić information content (AvgIpc) is 2.81. The molecule has 1 aliphatic rings. The second-order valence-corrected chi connectivity index (χ2v) is 10.9. The minimum Gasteiger partial charge on any atom is -0.507 e. The van der Waals surface area contributed by atoms with Crippen molar-refractivity contribution in [2.24, 2.45) is 0 Å². The number of nitrogens with one attached hydrogen (secondary N) is 1. The zero-order chi connectivity index (χ0) is 22.6. The van der Waals surface area contributed by atoms with Crippen molar-refractivity contribution < 1.29 is 9.90 Å². The number of phenols is 1. The lowest BCUT2D eigenvalue weighted by Gasteiger charge is -2.28. The fourth-order valence-electron chi connectivity index (χ4n) is 4.16. The third-order valence-electron chi connectivity index (χ3n) is 6.08. The summed E-state index contributed by atoms with van der Waals surface area (Å²) in [7, 11) is 0. The molecule has 0 fully saturated rings. The maximum atomic E-state index is 13.4. The summed E-state index contributed by atoms with van der Waals surface area (Å²) in [6, 6.07) is 11.6. The Bertz CT molecular complexity index is 991. The zero-order valence-corrected chi connectivity index (χ0v) is 21.6. The minimum absolute atomic E-state index is 0. The number of hydrogen-bond acceptors (Lipinski definition) is 3. The van der Waals surface area contributed by atoms with E-state index >= 15 is 0 Å². The molecule has 0 aliphatic carbocycles. The topological polar surface area (TPSA) is 64.4 Å². The van der Waals surface area contributed by atoms with Crippen molar-refractivity contribution in [2.75, 3.05) is 11.4 Å². The van der Waals surface area contributed by atoms with Crippen LogP contribution in [0.4, 0.5) is 5.69 Å². The molecule has 0 saturated carbocycles. The van der Waals surface area contributed by atoms with Crippen LogP contribution in [-0.4, -0.2) is 23.3 Å². The van der Waals surface area contributed by atoms with Crippen LogP contribution in [0.1, 0.15) is 82.4 Å². The number of nitrogens with zero attached hydrogens (tertiary/aromatic N) is 1. The molecular weight excluding hydrogens is 452 g/mol. The third kappa shape index (κ3) is 4.43. The van der Waals surface area contributed by atoms with E-state index in [4.69, 9.17) is 5.41 Å². The Hall–Kier alpha value is -2.14. The van der Waals surface area contributed by atoms with Gasteiger partial charge in [-0.25, -0.2) is 0 Å². The number of carbonyl (C=O) groups is 1. The number of amidine groups is 1. The predicted octanol–water partition coefficient (Wildman–Crippen LogP) is 6.52. The van der Waals surface area contributed by atoms with E-state index in [-0.39, 0.29) is 45.9 Å². The van der Waals surface area contributed by atoms with E-state index in [2.05, 4.69) is 0 Å². The highest BCUT2D eigenvalue weighted by atomic mass is 79.9. The number of anilines is 1. The number of ketones is 1. The number of aromatic hydroxyl groups is 1. The van der Waals surface area contributed by atoms with Crippen LogP contribution in [-0.2, 0) is 16.2 Å². The first kappa shape index (κ1) is 25.1. The Morgan fingerprint density at radius 1 is 1.00 bits per heavy atom. The molecule has 168 valence electrons. The Kier molecular flexibility index (Phi) is 6.55. The molecule has 0 aromatic heterocycles. The van der Waals surface area contributed by atoms with Gasteiger partial charge in [-0.05, 0) is 48.4 Å². The van der Waals surface area contributed by atoms with Gasteiger partial charge in [0.05, 0.1) is 6.54 Å². The summed E-state index contributed by atoms with van der Waals surface area (Å²) in [5, 5.41) is 19.6. The van der Waals surface area contributed by atoms with E-state index in [1.165, 1.54) is 0 Å². The summed E-state index contributed by atoms with van der Waals surface area (Å²) in [6.45, 7) is 16.4. The number of fused-ring (bicyclic) bond motifs is 1. The molecular formula is C26H35BrN2O2. The Morgan fingerprint density at radius 2 is 1.48 bits per heavy atom. The number of phenolic OH excluding ortho intramolecular Hbond substituents is 1. The van der Waals surface area contributed by atoms with Gasteiger partial charge >= 0.3 is 0 Å². The number of halogens is 1. The fraction of sp³-hybridized carbons (Fsp3) is 0.462. The van der Waals surface area contributed by atoms with Crippen LogP contribution in [0.3, 0.4) is 0 Å². The molecule has 0 spiro atoms. The van der Waals surface area contributed by atoms with Gasteiger partial charge < -0.3 is 10.0 Å². The SMILES string of the molecule is Br.CC(C)(C)c1cc(C(=O)CN2C(=N)C(C)(C)c3ccccc32)cc(C(C)(C)C)c1O. The first-order valence-electron chi connectivity index (χ1n) is 10.5. The van der Waals surface area contributed by atoms with Crippen LogP contribution >= 0.6 is 17.0 Å². The molecule has 3 rings (SSSR count). The average molecular weight is 487 g/mol. The summed E-state index contributed by atoms with van der Waals surface area (Å²) in [4.78, 5) is 15.2. The summed E-state index contributed by atoms with van der Waals surface area (Å²) >= 11 is 0. The number of rotatable bonds is 3. The Morgan fingerprint density at radius 3 is 1.97 bits per heavy atom. The summed E-state index contributed by atoms with van der Waals surface area (Å²) in [5.74, 6) is 0.651. The highest BCUT2D eigenvalue weighted by Gasteiger charge is 2.41.